The molecule has 6 heteroatoms. The molecule has 1 aromatic heterocycles. The van der Waals surface area contributed by atoms with Crippen LogP contribution in [-0.4, -0.2) is 42.0 Å². The van der Waals surface area contributed by atoms with E-state index >= 15 is 0 Å². The fraction of sp³-hybridized carbons (Fsp3) is 0.444. The molecule has 5 nitrogen and oxygen atoms in total. The van der Waals surface area contributed by atoms with Crippen molar-refractivity contribution in [2.45, 2.75) is 25.8 Å². The molecule has 1 fully saturated rings. The molecule has 0 spiro atoms. The van der Waals surface area contributed by atoms with E-state index in [0.29, 0.717) is 11.6 Å². The zero-order valence-electron chi connectivity index (χ0n) is 14.1. The van der Waals surface area contributed by atoms with E-state index in [1.54, 1.807) is 7.11 Å². The predicted octanol–water partition coefficient (Wildman–Crippen LogP) is 3.02. The molecule has 0 unspecified atom stereocenters. The number of benzene rings is 1. The molecule has 1 saturated heterocycles. The highest BCUT2D eigenvalue weighted by Crippen LogP contribution is 2.32. The maximum absolute atomic E-state index is 12.8. The molecule has 1 aliphatic heterocycles. The van der Waals surface area contributed by atoms with Gasteiger partial charge in [-0.15, -0.1) is 11.3 Å². The Bertz CT molecular complexity index is 714. The third-order valence-corrected chi connectivity index (χ3v) is 5.42. The normalized spacial score (nSPS) is 19.1. The number of para-hydroxylation sites is 1. The minimum absolute atomic E-state index is 0.00209. The molecule has 1 amide bonds. The Hall–Kier alpha value is -1.92. The Balaban J connectivity index is 1.79. The van der Waals surface area contributed by atoms with E-state index in [4.69, 9.17) is 10.5 Å². The highest BCUT2D eigenvalue weighted by atomic mass is 32.1. The summed E-state index contributed by atoms with van der Waals surface area (Å²) in [6.45, 7) is 3.52. The number of piperidine rings is 1. The van der Waals surface area contributed by atoms with Gasteiger partial charge in [-0.25, -0.2) is 4.98 Å². The highest BCUT2D eigenvalue weighted by Gasteiger charge is 2.27. The molecule has 128 valence electrons. The number of ether oxygens (including phenoxy) is 1. The zero-order chi connectivity index (χ0) is 17.1. The molecule has 0 aliphatic carbocycles. The lowest BCUT2D eigenvalue weighted by Gasteiger charge is -2.34. The molecule has 2 N–H and O–H groups in total. The van der Waals surface area contributed by atoms with E-state index in [2.05, 4.69) is 4.98 Å². The van der Waals surface area contributed by atoms with Crippen LogP contribution in [-0.2, 0) is 0 Å². The summed E-state index contributed by atoms with van der Waals surface area (Å²) in [4.78, 5) is 19.2. The number of hydrogen-bond donors (Lipinski definition) is 1. The summed E-state index contributed by atoms with van der Waals surface area (Å²) in [6.07, 6.45) is 2.09. The van der Waals surface area contributed by atoms with Gasteiger partial charge in [0.25, 0.3) is 5.91 Å². The van der Waals surface area contributed by atoms with Gasteiger partial charge in [0.1, 0.15) is 16.5 Å². The fourth-order valence-electron chi connectivity index (χ4n) is 3.10. The van der Waals surface area contributed by atoms with Gasteiger partial charge in [0.15, 0.2) is 0 Å². The van der Waals surface area contributed by atoms with E-state index in [1.165, 1.54) is 11.3 Å². The summed E-state index contributed by atoms with van der Waals surface area (Å²) in [5.74, 6) is 1.13. The van der Waals surface area contributed by atoms with Gasteiger partial charge in [-0.3, -0.25) is 4.79 Å². The van der Waals surface area contributed by atoms with E-state index in [9.17, 15) is 4.79 Å². The van der Waals surface area contributed by atoms with Crippen LogP contribution < -0.4 is 10.5 Å². The van der Waals surface area contributed by atoms with Crippen molar-refractivity contribution in [1.29, 1.82) is 0 Å². The second-order valence-electron chi connectivity index (χ2n) is 6.25. The monoisotopic (exact) mass is 345 g/mol. The van der Waals surface area contributed by atoms with Crippen LogP contribution >= 0.6 is 11.3 Å². The molecule has 2 heterocycles. The fourth-order valence-corrected chi connectivity index (χ4v) is 3.93. The van der Waals surface area contributed by atoms with Crippen molar-refractivity contribution in [2.75, 3.05) is 20.2 Å². The first-order chi connectivity index (χ1) is 11.6. The van der Waals surface area contributed by atoms with Gasteiger partial charge in [-0.1, -0.05) is 12.1 Å². The molecular weight excluding hydrogens is 322 g/mol. The van der Waals surface area contributed by atoms with Crippen LogP contribution in [0.4, 0.5) is 0 Å². The SMILES string of the molecule is COc1ccccc1-c1nc(C(=O)N2CCC[C@H]([C@H](C)N)C2)cs1. The van der Waals surface area contributed by atoms with Crippen molar-refractivity contribution in [3.8, 4) is 16.3 Å². The first-order valence-corrected chi connectivity index (χ1v) is 9.12. The number of amides is 1. The number of carbonyl (C=O) groups excluding carboxylic acids is 1. The molecule has 24 heavy (non-hydrogen) atoms. The number of rotatable bonds is 4. The third-order valence-electron chi connectivity index (χ3n) is 4.55. The largest absolute Gasteiger partial charge is 0.496 e. The summed E-state index contributed by atoms with van der Waals surface area (Å²) < 4.78 is 5.38. The molecule has 2 aromatic rings. The number of carbonyl (C=O) groups is 1. The van der Waals surface area contributed by atoms with Crippen molar-refractivity contribution in [2.24, 2.45) is 11.7 Å². The number of nitrogens with two attached hydrogens (primary N) is 1. The summed E-state index contributed by atoms with van der Waals surface area (Å²) >= 11 is 1.47. The van der Waals surface area contributed by atoms with E-state index in [-0.39, 0.29) is 11.9 Å². The number of nitrogens with zero attached hydrogens (tertiary/aromatic N) is 2. The molecule has 1 aromatic carbocycles. The summed E-state index contributed by atoms with van der Waals surface area (Å²) in [5, 5.41) is 2.64. The second-order valence-corrected chi connectivity index (χ2v) is 7.11. The van der Waals surface area contributed by atoms with Crippen LogP contribution in [0.3, 0.4) is 0 Å². The van der Waals surface area contributed by atoms with E-state index in [1.807, 2.05) is 41.5 Å². The maximum atomic E-state index is 12.8. The van der Waals surface area contributed by atoms with Crippen LogP contribution in [0.25, 0.3) is 10.6 Å². The molecule has 2 atom stereocenters. The predicted molar refractivity (Wildman–Crippen MR) is 96.4 cm³/mol. The van der Waals surface area contributed by atoms with Gasteiger partial charge in [-0.05, 0) is 37.8 Å². The highest BCUT2D eigenvalue weighted by molar-refractivity contribution is 7.13. The summed E-state index contributed by atoms with van der Waals surface area (Å²) in [6, 6.07) is 7.83. The van der Waals surface area contributed by atoms with Crippen LogP contribution in [0.1, 0.15) is 30.3 Å². The van der Waals surface area contributed by atoms with Gasteiger partial charge in [0.05, 0.1) is 12.7 Å². The minimum atomic E-state index is -0.00209. The average Bonchev–Trinajstić information content (AvgIpc) is 3.11. The molecule has 0 radical (unpaired) electrons. The third kappa shape index (κ3) is 3.44. The van der Waals surface area contributed by atoms with Gasteiger partial charge >= 0.3 is 0 Å². The Morgan fingerprint density at radius 1 is 1.46 bits per heavy atom. The smallest absolute Gasteiger partial charge is 0.273 e. The van der Waals surface area contributed by atoms with Gasteiger partial charge in [0.2, 0.25) is 0 Å². The van der Waals surface area contributed by atoms with Crippen LogP contribution in [0.15, 0.2) is 29.6 Å². The summed E-state index contributed by atoms with van der Waals surface area (Å²) in [7, 11) is 1.64. The molecule has 0 saturated carbocycles. The lowest BCUT2D eigenvalue weighted by atomic mass is 9.92. The lowest BCUT2D eigenvalue weighted by molar-refractivity contribution is 0.0656. The van der Waals surface area contributed by atoms with Gasteiger partial charge < -0.3 is 15.4 Å². The molecule has 3 rings (SSSR count). The minimum Gasteiger partial charge on any atom is -0.496 e. The first-order valence-electron chi connectivity index (χ1n) is 8.24. The van der Waals surface area contributed by atoms with Crippen molar-refractivity contribution in [3.63, 3.8) is 0 Å². The lowest BCUT2D eigenvalue weighted by Crippen LogP contribution is -2.45. The van der Waals surface area contributed by atoms with Crippen molar-refractivity contribution in [1.82, 2.24) is 9.88 Å². The number of likely N-dealkylation sites (tertiary alicyclic amines) is 1. The standard InChI is InChI=1S/C18H23N3O2S/c1-12(19)13-6-5-9-21(10-13)18(22)15-11-24-17(20-15)14-7-3-4-8-16(14)23-2/h3-4,7-8,11-13H,5-6,9-10,19H2,1-2H3/t12-,13-/m0/s1. The summed E-state index contributed by atoms with van der Waals surface area (Å²) in [5.41, 5.74) is 7.43. The Morgan fingerprint density at radius 3 is 3.00 bits per heavy atom. The Labute approximate surface area is 146 Å². The molecule has 1 aliphatic rings. The Morgan fingerprint density at radius 2 is 2.25 bits per heavy atom. The number of thiazole rings is 1. The quantitative estimate of drug-likeness (QED) is 0.925. The first kappa shape index (κ1) is 16.9. The van der Waals surface area contributed by atoms with Gasteiger partial charge in [0, 0.05) is 24.5 Å². The van der Waals surface area contributed by atoms with E-state index < -0.39 is 0 Å². The van der Waals surface area contributed by atoms with Crippen LogP contribution in [0, 0.1) is 5.92 Å². The van der Waals surface area contributed by atoms with Gasteiger partial charge in [-0.2, -0.15) is 0 Å². The number of aromatic nitrogens is 1. The van der Waals surface area contributed by atoms with Crippen molar-refractivity contribution >= 4 is 17.2 Å². The maximum Gasteiger partial charge on any atom is 0.273 e. The van der Waals surface area contributed by atoms with Crippen molar-refractivity contribution in [3.05, 3.63) is 35.3 Å². The topological polar surface area (TPSA) is 68.5 Å². The molecule has 0 bridgehead atoms. The average molecular weight is 345 g/mol. The van der Waals surface area contributed by atoms with Crippen LogP contribution in [0.2, 0.25) is 0 Å². The van der Waals surface area contributed by atoms with Crippen molar-refractivity contribution < 1.29 is 9.53 Å². The molecular formula is C18H23N3O2S. The van der Waals surface area contributed by atoms with E-state index in [0.717, 1.165) is 42.3 Å². The zero-order valence-corrected chi connectivity index (χ0v) is 14.9. The second kappa shape index (κ2) is 7.32. The Kier molecular flexibility index (Phi) is 5.16. The number of hydrogen-bond acceptors (Lipinski definition) is 5. The van der Waals surface area contributed by atoms with Crippen LogP contribution in [0.5, 0.6) is 5.75 Å². The number of methoxy groups -OCH3 is 1.